The van der Waals surface area contributed by atoms with E-state index in [9.17, 15) is 79.0 Å². The van der Waals surface area contributed by atoms with Gasteiger partial charge < -0.3 is 0 Å². The number of hydrogen-bond donors (Lipinski definition) is 0. The van der Waals surface area contributed by atoms with E-state index < -0.39 is 119 Å². The van der Waals surface area contributed by atoms with Gasteiger partial charge in [0.2, 0.25) is 0 Å². The highest BCUT2D eigenvalue weighted by Crippen LogP contribution is 2.51. The summed E-state index contributed by atoms with van der Waals surface area (Å²) in [5.41, 5.74) is -18.4. The zero-order valence-corrected chi connectivity index (χ0v) is 20.7. The lowest BCUT2D eigenvalue weighted by Gasteiger charge is -2.31. The van der Waals surface area contributed by atoms with Gasteiger partial charge in [0.15, 0.2) is 0 Å². The summed E-state index contributed by atoms with van der Waals surface area (Å²) in [6.45, 7) is 0. The Morgan fingerprint density at radius 3 is 0.930 bits per heavy atom. The van der Waals surface area contributed by atoms with Crippen LogP contribution in [-0.4, -0.2) is 4.98 Å². The molecule has 0 fully saturated rings. The molecule has 3 aromatic rings. The van der Waals surface area contributed by atoms with Crippen molar-refractivity contribution in [2.75, 3.05) is 0 Å². The molecule has 0 aliphatic heterocycles. The summed E-state index contributed by atoms with van der Waals surface area (Å²) in [5, 5.41) is -5.06. The molecule has 0 aliphatic carbocycles. The largest absolute Gasteiger partial charge is 0.417 e. The molecule has 0 unspecified atom stereocenters. The highest BCUT2D eigenvalue weighted by atomic mass is 31.1. The zero-order chi connectivity index (χ0) is 33.1. The molecule has 0 radical (unpaired) electrons. The third kappa shape index (κ3) is 7.29. The molecule has 3 rings (SSSR count). The van der Waals surface area contributed by atoms with Crippen LogP contribution in [0.5, 0.6) is 0 Å². The van der Waals surface area contributed by atoms with Crippen LogP contribution in [0.15, 0.2) is 48.7 Å². The third-order valence-electron chi connectivity index (χ3n) is 5.42. The summed E-state index contributed by atoms with van der Waals surface area (Å²) in [6.07, 6.45) is -36.5. The zero-order valence-electron chi connectivity index (χ0n) is 19.8. The molecule has 0 atom stereocenters. The summed E-state index contributed by atoms with van der Waals surface area (Å²) >= 11 is 0. The van der Waals surface area contributed by atoms with Gasteiger partial charge in [-0.1, -0.05) is 6.07 Å². The lowest BCUT2D eigenvalue weighted by atomic mass is 10.0. The van der Waals surface area contributed by atoms with Crippen LogP contribution in [0.1, 0.15) is 33.4 Å². The van der Waals surface area contributed by atoms with Crippen molar-refractivity contribution in [2.45, 2.75) is 37.1 Å². The quantitative estimate of drug-likeness (QED) is 0.200. The molecular formula is C23H8F18NP. The van der Waals surface area contributed by atoms with Gasteiger partial charge >= 0.3 is 37.1 Å². The lowest BCUT2D eigenvalue weighted by Crippen LogP contribution is -2.39. The van der Waals surface area contributed by atoms with E-state index in [4.69, 9.17) is 0 Å². The van der Waals surface area contributed by atoms with Gasteiger partial charge in [0, 0.05) is 24.7 Å². The van der Waals surface area contributed by atoms with Crippen molar-refractivity contribution in [3.63, 3.8) is 0 Å². The van der Waals surface area contributed by atoms with E-state index in [0.717, 1.165) is 6.07 Å². The summed E-state index contributed by atoms with van der Waals surface area (Å²) in [7, 11) is -4.61. The van der Waals surface area contributed by atoms with E-state index >= 15 is 0 Å². The minimum Gasteiger partial charge on any atom is -0.256 e. The van der Waals surface area contributed by atoms with E-state index in [2.05, 4.69) is 4.98 Å². The SMILES string of the molecule is FC(F)(F)c1cc(C(F)(F)F)c(P(c2ccccn2)c2c(C(F)(F)F)cc(C(F)(F)F)cc2C(F)(F)F)c(C(F)(F)F)c1. The molecule has 1 heterocycles. The molecule has 236 valence electrons. The predicted molar refractivity (Wildman–Crippen MR) is 113 cm³/mol. The topological polar surface area (TPSA) is 12.9 Å². The van der Waals surface area contributed by atoms with Crippen LogP contribution in [0.25, 0.3) is 0 Å². The van der Waals surface area contributed by atoms with Gasteiger partial charge in [0.25, 0.3) is 0 Å². The van der Waals surface area contributed by atoms with Gasteiger partial charge in [-0.05, 0) is 36.4 Å². The smallest absolute Gasteiger partial charge is 0.256 e. The number of pyridine rings is 1. The van der Waals surface area contributed by atoms with Crippen LogP contribution in [0.2, 0.25) is 0 Å². The van der Waals surface area contributed by atoms with E-state index in [1.165, 1.54) is 0 Å². The normalized spacial score (nSPS) is 14.0. The Kier molecular flexibility index (Phi) is 8.55. The first-order valence-electron chi connectivity index (χ1n) is 10.7. The maximum atomic E-state index is 14.1. The fourth-order valence-electron chi connectivity index (χ4n) is 3.77. The third-order valence-corrected chi connectivity index (χ3v) is 8.00. The van der Waals surface area contributed by atoms with Crippen molar-refractivity contribution in [3.8, 4) is 0 Å². The predicted octanol–water partition coefficient (Wildman–Crippen LogP) is 8.95. The van der Waals surface area contributed by atoms with Crippen LogP contribution in [0.4, 0.5) is 79.0 Å². The van der Waals surface area contributed by atoms with Gasteiger partial charge in [-0.3, -0.25) is 4.98 Å². The Morgan fingerprint density at radius 2 is 0.721 bits per heavy atom. The standard InChI is InChI=1S/C23H8F18NP/c24-18(25,26)9-5-11(20(30,31)32)16(12(6-9)21(33,34)35)43(15-3-1-2-4-42-15)17-13(22(36,37)38)7-10(19(27,28)29)8-14(17)23(39,40)41/h1-8H. The minimum absolute atomic E-state index is 0.377. The van der Waals surface area contributed by atoms with Gasteiger partial charge in [-0.15, -0.1) is 0 Å². The number of benzene rings is 2. The van der Waals surface area contributed by atoms with Crippen molar-refractivity contribution in [3.05, 3.63) is 82.0 Å². The fourth-order valence-corrected chi connectivity index (χ4v) is 6.60. The molecule has 0 N–H and O–H groups in total. The molecule has 0 saturated heterocycles. The van der Waals surface area contributed by atoms with Crippen LogP contribution >= 0.6 is 7.92 Å². The summed E-state index contributed by atoms with van der Waals surface area (Å²) in [6, 6.07) is -1.85. The monoisotopic (exact) mass is 671 g/mol. The van der Waals surface area contributed by atoms with Crippen LogP contribution in [0, 0.1) is 0 Å². The van der Waals surface area contributed by atoms with Crippen molar-refractivity contribution in [2.24, 2.45) is 0 Å². The lowest BCUT2D eigenvalue weighted by molar-refractivity contribution is -0.149. The Labute approximate surface area is 227 Å². The summed E-state index contributed by atoms with van der Waals surface area (Å²) in [5.74, 6) is 0. The number of nitrogens with zero attached hydrogens (tertiary/aromatic N) is 1. The number of hydrogen-bond acceptors (Lipinski definition) is 1. The highest BCUT2D eigenvalue weighted by molar-refractivity contribution is 7.80. The first-order valence-corrected chi connectivity index (χ1v) is 12.0. The molecule has 0 bridgehead atoms. The number of alkyl halides is 18. The summed E-state index contributed by atoms with van der Waals surface area (Å²) < 4.78 is 250. The molecule has 20 heteroatoms. The fraction of sp³-hybridized carbons (Fsp3) is 0.261. The van der Waals surface area contributed by atoms with Crippen molar-refractivity contribution < 1.29 is 79.0 Å². The molecule has 1 aromatic heterocycles. The average molecular weight is 671 g/mol. The Morgan fingerprint density at radius 1 is 0.419 bits per heavy atom. The second kappa shape index (κ2) is 10.7. The molecule has 1 nitrogen and oxygen atoms in total. The average Bonchev–Trinajstić information content (AvgIpc) is 2.80. The first-order chi connectivity index (χ1) is 19.1. The Balaban J connectivity index is 2.78. The van der Waals surface area contributed by atoms with E-state index in [0.29, 0.717) is 18.3 Å². The van der Waals surface area contributed by atoms with Crippen molar-refractivity contribution in [1.29, 1.82) is 0 Å². The maximum Gasteiger partial charge on any atom is 0.417 e. The molecule has 0 aliphatic rings. The molecule has 43 heavy (non-hydrogen) atoms. The van der Waals surface area contributed by atoms with E-state index in [1.54, 1.807) is 0 Å². The highest BCUT2D eigenvalue weighted by Gasteiger charge is 2.52. The maximum absolute atomic E-state index is 14.1. The van der Waals surface area contributed by atoms with Gasteiger partial charge in [-0.25, -0.2) is 0 Å². The second-order valence-electron chi connectivity index (χ2n) is 8.35. The van der Waals surface area contributed by atoms with Crippen LogP contribution in [0.3, 0.4) is 0 Å². The van der Waals surface area contributed by atoms with Gasteiger partial charge in [0.1, 0.15) is 0 Å². The molecule has 0 saturated carbocycles. The number of aromatic nitrogens is 1. The van der Waals surface area contributed by atoms with Gasteiger partial charge in [0.05, 0.1) is 38.8 Å². The molecule has 0 spiro atoms. The van der Waals surface area contributed by atoms with Crippen molar-refractivity contribution >= 4 is 24.0 Å². The summed E-state index contributed by atoms with van der Waals surface area (Å²) in [4.78, 5) is 3.28. The molecule has 0 amide bonds. The second-order valence-corrected chi connectivity index (χ2v) is 10.4. The Hall–Kier alpha value is -3.24. The van der Waals surface area contributed by atoms with Gasteiger partial charge in [-0.2, -0.15) is 79.0 Å². The first kappa shape index (κ1) is 34.3. The van der Waals surface area contributed by atoms with Crippen molar-refractivity contribution in [1.82, 2.24) is 4.98 Å². The molecular weight excluding hydrogens is 663 g/mol. The van der Waals surface area contributed by atoms with E-state index in [-0.39, 0.29) is 0 Å². The van der Waals surface area contributed by atoms with Crippen LogP contribution < -0.4 is 16.0 Å². The van der Waals surface area contributed by atoms with E-state index in [1.807, 2.05) is 0 Å². The Bertz CT molecular complexity index is 1310. The van der Waals surface area contributed by atoms with Crippen LogP contribution in [-0.2, 0) is 37.1 Å². The molecule has 2 aromatic carbocycles. The minimum atomic E-state index is -6.28. The number of halogens is 18. The number of rotatable bonds is 3.